The van der Waals surface area contributed by atoms with E-state index in [4.69, 9.17) is 21.6 Å². The van der Waals surface area contributed by atoms with Gasteiger partial charge < -0.3 is 4.74 Å². The van der Waals surface area contributed by atoms with E-state index in [9.17, 15) is 0 Å². The molecule has 0 spiro atoms. The van der Waals surface area contributed by atoms with Crippen molar-refractivity contribution >= 4 is 11.6 Å². The summed E-state index contributed by atoms with van der Waals surface area (Å²) in [6, 6.07) is 3.98. The number of ether oxygens (including phenoxy) is 1. The molecule has 1 rings (SSSR count). The molecule has 0 aromatic heterocycles. The second-order valence-electron chi connectivity index (χ2n) is 3.46. The Morgan fingerprint density at radius 3 is 2.67 bits per heavy atom. The lowest BCUT2D eigenvalue weighted by atomic mass is 10.0. The minimum Gasteiger partial charge on any atom is -0.492 e. The van der Waals surface area contributed by atoms with Crippen LogP contribution < -0.4 is 4.74 Å². The third-order valence-electron chi connectivity index (χ3n) is 2.22. The van der Waals surface area contributed by atoms with Crippen LogP contribution in [0.4, 0.5) is 0 Å². The minimum atomic E-state index is 0.549. The summed E-state index contributed by atoms with van der Waals surface area (Å²) in [5.41, 5.74) is 2.25. The van der Waals surface area contributed by atoms with Crippen molar-refractivity contribution in [3.8, 4) is 11.8 Å². The van der Waals surface area contributed by atoms with E-state index in [2.05, 4.69) is 6.07 Å². The third kappa shape index (κ3) is 2.43. The maximum atomic E-state index is 9.06. The van der Waals surface area contributed by atoms with E-state index in [-0.39, 0.29) is 0 Å². The largest absolute Gasteiger partial charge is 0.492 e. The van der Waals surface area contributed by atoms with Crippen LogP contribution in [0.3, 0.4) is 0 Å². The van der Waals surface area contributed by atoms with Crippen molar-refractivity contribution in [2.75, 3.05) is 6.61 Å². The van der Waals surface area contributed by atoms with Gasteiger partial charge in [0.1, 0.15) is 11.8 Å². The predicted molar refractivity (Wildman–Crippen MR) is 61.4 cm³/mol. The highest BCUT2D eigenvalue weighted by Crippen LogP contribution is 2.31. The highest BCUT2D eigenvalue weighted by Gasteiger charge is 2.13. The Morgan fingerprint density at radius 1 is 1.47 bits per heavy atom. The molecule has 0 aliphatic heterocycles. The fraction of sp³-hybridized carbons (Fsp3) is 0.417. The molecule has 0 saturated carbocycles. The molecule has 1 aromatic rings. The van der Waals surface area contributed by atoms with Gasteiger partial charge in [0.05, 0.1) is 12.2 Å². The fourth-order valence-corrected chi connectivity index (χ4v) is 1.63. The van der Waals surface area contributed by atoms with E-state index >= 15 is 0 Å². The molecule has 0 unspecified atom stereocenters. The van der Waals surface area contributed by atoms with E-state index in [1.165, 1.54) is 0 Å². The molecule has 0 aliphatic carbocycles. The van der Waals surface area contributed by atoms with Gasteiger partial charge in [0.2, 0.25) is 0 Å². The highest BCUT2D eigenvalue weighted by atomic mass is 35.5. The van der Waals surface area contributed by atoms with Gasteiger partial charge in [0.25, 0.3) is 0 Å². The average molecular weight is 224 g/mol. The SMILES string of the molecule is CCCOc1c(C)cc(Cl)c(C)c1C#N. The molecule has 1 aromatic carbocycles. The van der Waals surface area contributed by atoms with Gasteiger partial charge in [-0.15, -0.1) is 0 Å². The van der Waals surface area contributed by atoms with Crippen LogP contribution in [0.2, 0.25) is 5.02 Å². The van der Waals surface area contributed by atoms with Gasteiger partial charge in [0.15, 0.2) is 0 Å². The lowest BCUT2D eigenvalue weighted by Gasteiger charge is -2.12. The smallest absolute Gasteiger partial charge is 0.140 e. The molecule has 0 fully saturated rings. The topological polar surface area (TPSA) is 33.0 Å². The van der Waals surface area contributed by atoms with Crippen LogP contribution in [-0.4, -0.2) is 6.61 Å². The van der Waals surface area contributed by atoms with E-state index in [1.807, 2.05) is 26.8 Å². The first kappa shape index (κ1) is 11.9. The summed E-state index contributed by atoms with van der Waals surface area (Å²) in [5, 5.41) is 9.68. The first-order chi connectivity index (χ1) is 7.11. The van der Waals surface area contributed by atoms with E-state index in [1.54, 1.807) is 0 Å². The summed E-state index contributed by atoms with van der Waals surface area (Å²) in [5.74, 6) is 0.668. The number of benzene rings is 1. The summed E-state index contributed by atoms with van der Waals surface area (Å²) >= 11 is 6.00. The third-order valence-corrected chi connectivity index (χ3v) is 2.62. The molecular weight excluding hydrogens is 210 g/mol. The second kappa shape index (κ2) is 5.04. The Labute approximate surface area is 95.4 Å². The van der Waals surface area contributed by atoms with Crippen LogP contribution in [0.25, 0.3) is 0 Å². The molecule has 0 N–H and O–H groups in total. The van der Waals surface area contributed by atoms with E-state index < -0.39 is 0 Å². The summed E-state index contributed by atoms with van der Waals surface area (Å²) in [4.78, 5) is 0. The number of rotatable bonds is 3. The van der Waals surface area contributed by atoms with Gasteiger partial charge in [-0.05, 0) is 37.5 Å². The van der Waals surface area contributed by atoms with Crippen LogP contribution in [-0.2, 0) is 0 Å². The lowest BCUT2D eigenvalue weighted by Crippen LogP contribution is -2.01. The van der Waals surface area contributed by atoms with Crippen LogP contribution in [0.15, 0.2) is 6.07 Å². The van der Waals surface area contributed by atoms with Crippen molar-refractivity contribution in [1.82, 2.24) is 0 Å². The Morgan fingerprint density at radius 2 is 2.13 bits per heavy atom. The molecule has 3 heteroatoms. The number of aryl methyl sites for hydroxylation is 1. The molecule has 0 bridgehead atoms. The van der Waals surface area contributed by atoms with Crippen LogP contribution in [0.5, 0.6) is 5.75 Å². The average Bonchev–Trinajstić information content (AvgIpc) is 2.21. The first-order valence-electron chi connectivity index (χ1n) is 4.94. The van der Waals surface area contributed by atoms with E-state index in [0.29, 0.717) is 22.9 Å². The van der Waals surface area contributed by atoms with Gasteiger partial charge in [-0.1, -0.05) is 18.5 Å². The molecule has 0 amide bonds. The summed E-state index contributed by atoms with van der Waals surface area (Å²) in [6.45, 7) is 6.39. The summed E-state index contributed by atoms with van der Waals surface area (Å²) in [7, 11) is 0. The van der Waals surface area contributed by atoms with Gasteiger partial charge >= 0.3 is 0 Å². The molecule has 80 valence electrons. The predicted octanol–water partition coefficient (Wildman–Crippen LogP) is 3.62. The number of nitriles is 1. The van der Waals surface area contributed by atoms with Gasteiger partial charge in [-0.2, -0.15) is 5.26 Å². The number of nitrogens with zero attached hydrogens (tertiary/aromatic N) is 1. The number of hydrogen-bond donors (Lipinski definition) is 0. The summed E-state index contributed by atoms with van der Waals surface area (Å²) < 4.78 is 5.56. The lowest BCUT2D eigenvalue weighted by molar-refractivity contribution is 0.314. The molecular formula is C12H14ClNO. The molecule has 0 aliphatic rings. The second-order valence-corrected chi connectivity index (χ2v) is 3.87. The van der Waals surface area contributed by atoms with Gasteiger partial charge in [-0.25, -0.2) is 0 Å². The van der Waals surface area contributed by atoms with Crippen molar-refractivity contribution in [2.24, 2.45) is 0 Å². The summed E-state index contributed by atoms with van der Waals surface area (Å²) in [6.07, 6.45) is 0.923. The Balaban J connectivity index is 3.24. The zero-order chi connectivity index (χ0) is 11.4. The molecule has 0 heterocycles. The first-order valence-corrected chi connectivity index (χ1v) is 5.32. The maximum Gasteiger partial charge on any atom is 0.140 e. The zero-order valence-corrected chi connectivity index (χ0v) is 9.98. The molecule has 2 nitrogen and oxygen atoms in total. The zero-order valence-electron chi connectivity index (χ0n) is 9.22. The van der Waals surface area contributed by atoms with Gasteiger partial charge in [0, 0.05) is 5.02 Å². The molecule has 0 atom stereocenters. The Hall–Kier alpha value is -1.20. The van der Waals surface area contributed by atoms with E-state index in [0.717, 1.165) is 17.5 Å². The van der Waals surface area contributed by atoms with Crippen LogP contribution in [0, 0.1) is 25.2 Å². The minimum absolute atomic E-state index is 0.549. The quantitative estimate of drug-likeness (QED) is 0.784. The molecule has 0 saturated heterocycles. The van der Waals surface area contributed by atoms with Crippen molar-refractivity contribution in [3.05, 3.63) is 27.8 Å². The normalized spacial score (nSPS) is 9.80. The number of hydrogen-bond acceptors (Lipinski definition) is 2. The maximum absolute atomic E-state index is 9.06. The molecule has 15 heavy (non-hydrogen) atoms. The fourth-order valence-electron chi connectivity index (χ4n) is 1.38. The highest BCUT2D eigenvalue weighted by molar-refractivity contribution is 6.31. The van der Waals surface area contributed by atoms with Gasteiger partial charge in [-0.3, -0.25) is 0 Å². The Bertz CT molecular complexity index is 407. The molecule has 0 radical (unpaired) electrons. The van der Waals surface area contributed by atoms with Crippen molar-refractivity contribution in [1.29, 1.82) is 5.26 Å². The standard InChI is InChI=1S/C12H14ClNO/c1-4-5-15-12-8(2)6-11(13)9(3)10(12)7-14/h6H,4-5H2,1-3H3. The van der Waals surface area contributed by atoms with Crippen LogP contribution in [0.1, 0.15) is 30.0 Å². The van der Waals surface area contributed by atoms with Crippen molar-refractivity contribution in [3.63, 3.8) is 0 Å². The van der Waals surface area contributed by atoms with Crippen molar-refractivity contribution < 1.29 is 4.74 Å². The van der Waals surface area contributed by atoms with Crippen LogP contribution >= 0.6 is 11.6 Å². The Kier molecular flexibility index (Phi) is 3.99. The monoisotopic (exact) mass is 223 g/mol. The van der Waals surface area contributed by atoms with Crippen molar-refractivity contribution in [2.45, 2.75) is 27.2 Å². The number of halogens is 1.